The molecule has 3 aromatic rings. The monoisotopic (exact) mass is 334 g/mol. The molecule has 25 heavy (non-hydrogen) atoms. The number of benzene rings is 3. The van der Waals surface area contributed by atoms with Gasteiger partial charge < -0.3 is 10.2 Å². The van der Waals surface area contributed by atoms with E-state index in [0.717, 1.165) is 10.8 Å². The molecule has 0 radical (unpaired) electrons. The Kier molecular flexibility index (Phi) is 4.50. The number of hydrogen-bond acceptors (Lipinski definition) is 4. The average molecular weight is 334 g/mol. The van der Waals surface area contributed by atoms with Crippen LogP contribution in [0.2, 0.25) is 0 Å². The van der Waals surface area contributed by atoms with Crippen LogP contribution in [-0.4, -0.2) is 22.3 Å². The van der Waals surface area contributed by atoms with Gasteiger partial charge in [0, 0.05) is 5.56 Å². The highest BCUT2D eigenvalue weighted by Crippen LogP contribution is 2.25. The van der Waals surface area contributed by atoms with Gasteiger partial charge in [0.25, 0.3) is 5.91 Å². The molecule has 126 valence electrons. The Morgan fingerprint density at radius 2 is 1.72 bits per heavy atom. The van der Waals surface area contributed by atoms with Gasteiger partial charge in [0.15, 0.2) is 5.60 Å². The number of phenols is 1. The second kappa shape index (κ2) is 6.75. The van der Waals surface area contributed by atoms with E-state index < -0.39 is 11.5 Å². The van der Waals surface area contributed by atoms with Crippen LogP contribution >= 0.6 is 0 Å². The lowest BCUT2D eigenvalue weighted by Gasteiger charge is -2.21. The summed E-state index contributed by atoms with van der Waals surface area (Å²) in [5.74, 6) is -0.596. The summed E-state index contributed by atoms with van der Waals surface area (Å²) in [7, 11) is 0. The number of aliphatic hydroxyl groups is 1. The normalized spacial score (nSPS) is 13.7. The zero-order valence-corrected chi connectivity index (χ0v) is 13.7. The van der Waals surface area contributed by atoms with Gasteiger partial charge in [-0.05, 0) is 29.3 Å². The fourth-order valence-electron chi connectivity index (χ4n) is 2.58. The molecule has 5 nitrogen and oxygen atoms in total. The third-order valence-electron chi connectivity index (χ3n) is 4.09. The van der Waals surface area contributed by atoms with Gasteiger partial charge in [0.1, 0.15) is 5.75 Å². The highest BCUT2D eigenvalue weighted by Gasteiger charge is 2.32. The summed E-state index contributed by atoms with van der Waals surface area (Å²) in [4.78, 5) is 12.3. The van der Waals surface area contributed by atoms with Gasteiger partial charge in [-0.25, -0.2) is 5.43 Å². The Labute approximate surface area is 145 Å². The molecule has 0 heterocycles. The molecule has 1 atom stereocenters. The summed E-state index contributed by atoms with van der Waals surface area (Å²) in [6, 6.07) is 19.5. The largest absolute Gasteiger partial charge is 0.507 e. The third kappa shape index (κ3) is 3.36. The van der Waals surface area contributed by atoms with Gasteiger partial charge in [-0.15, -0.1) is 0 Å². The predicted molar refractivity (Wildman–Crippen MR) is 97.4 cm³/mol. The van der Waals surface area contributed by atoms with Gasteiger partial charge in [0.05, 0.1) is 6.21 Å². The number of aromatic hydroxyl groups is 1. The molecule has 3 aromatic carbocycles. The van der Waals surface area contributed by atoms with Gasteiger partial charge >= 0.3 is 0 Å². The summed E-state index contributed by atoms with van der Waals surface area (Å²) < 4.78 is 0. The SMILES string of the molecule is C[C@](O)(C(=O)N/N=C/c1c(O)ccc2ccccc12)c1ccccc1. The molecule has 0 bridgehead atoms. The molecule has 0 spiro atoms. The van der Waals surface area contributed by atoms with E-state index in [0.29, 0.717) is 11.1 Å². The van der Waals surface area contributed by atoms with Crippen molar-refractivity contribution in [1.82, 2.24) is 5.43 Å². The Bertz CT molecular complexity index is 934. The number of hydrazone groups is 1. The van der Waals surface area contributed by atoms with E-state index in [1.807, 2.05) is 24.3 Å². The van der Waals surface area contributed by atoms with Crippen molar-refractivity contribution in [3.8, 4) is 5.75 Å². The number of rotatable bonds is 4. The first-order chi connectivity index (χ1) is 12.0. The van der Waals surface area contributed by atoms with Crippen LogP contribution in [0.25, 0.3) is 10.8 Å². The number of amides is 1. The highest BCUT2D eigenvalue weighted by atomic mass is 16.3. The van der Waals surface area contributed by atoms with Crippen molar-refractivity contribution in [3.05, 3.63) is 77.9 Å². The molecule has 0 aliphatic carbocycles. The number of nitrogens with zero attached hydrogens (tertiary/aromatic N) is 1. The summed E-state index contributed by atoms with van der Waals surface area (Å²) >= 11 is 0. The number of phenolic OH excluding ortho intramolecular Hbond substituents is 1. The van der Waals surface area contributed by atoms with Crippen LogP contribution in [0.3, 0.4) is 0 Å². The second-order valence-corrected chi connectivity index (χ2v) is 5.86. The molecule has 0 aromatic heterocycles. The number of fused-ring (bicyclic) bond motifs is 1. The Balaban J connectivity index is 1.82. The van der Waals surface area contributed by atoms with Crippen LogP contribution in [0.5, 0.6) is 5.75 Å². The molecular formula is C20H18N2O3. The summed E-state index contributed by atoms with van der Waals surface area (Å²) in [6.07, 6.45) is 1.37. The van der Waals surface area contributed by atoms with E-state index in [4.69, 9.17) is 0 Å². The van der Waals surface area contributed by atoms with Crippen molar-refractivity contribution in [1.29, 1.82) is 0 Å². The molecule has 0 saturated heterocycles. The van der Waals surface area contributed by atoms with Crippen molar-refractivity contribution in [2.24, 2.45) is 5.10 Å². The summed E-state index contributed by atoms with van der Waals surface area (Å²) in [5, 5.41) is 26.2. The molecule has 0 fully saturated rings. The van der Waals surface area contributed by atoms with Crippen LogP contribution in [0.15, 0.2) is 71.8 Å². The Morgan fingerprint density at radius 3 is 2.48 bits per heavy atom. The topological polar surface area (TPSA) is 81.9 Å². The van der Waals surface area contributed by atoms with Gasteiger partial charge in [-0.2, -0.15) is 5.10 Å². The van der Waals surface area contributed by atoms with Crippen LogP contribution in [-0.2, 0) is 10.4 Å². The van der Waals surface area contributed by atoms with E-state index in [-0.39, 0.29) is 5.75 Å². The van der Waals surface area contributed by atoms with Crippen LogP contribution in [0, 0.1) is 0 Å². The summed E-state index contributed by atoms with van der Waals surface area (Å²) in [6.45, 7) is 1.41. The average Bonchev–Trinajstić information content (AvgIpc) is 2.64. The second-order valence-electron chi connectivity index (χ2n) is 5.86. The molecule has 3 rings (SSSR count). The van der Waals surface area contributed by atoms with E-state index in [1.54, 1.807) is 42.5 Å². The maximum absolute atomic E-state index is 12.3. The van der Waals surface area contributed by atoms with Gasteiger partial charge in [-0.1, -0.05) is 60.7 Å². The van der Waals surface area contributed by atoms with Crippen LogP contribution in [0.4, 0.5) is 0 Å². The van der Waals surface area contributed by atoms with E-state index in [2.05, 4.69) is 10.5 Å². The van der Waals surface area contributed by atoms with Crippen molar-refractivity contribution in [2.45, 2.75) is 12.5 Å². The standard InChI is InChI=1S/C20H18N2O3/c1-20(25,15-8-3-2-4-9-15)19(24)22-21-13-17-16-10-6-5-7-14(16)11-12-18(17)23/h2-13,23,25H,1H3,(H,22,24)/b21-13+/t20-/m1/s1. The van der Waals surface area contributed by atoms with Crippen molar-refractivity contribution in [2.75, 3.05) is 0 Å². The molecule has 0 unspecified atom stereocenters. The number of hydrogen-bond donors (Lipinski definition) is 3. The first-order valence-corrected chi connectivity index (χ1v) is 7.82. The quantitative estimate of drug-likeness (QED) is 0.507. The lowest BCUT2D eigenvalue weighted by Crippen LogP contribution is -2.40. The van der Waals surface area contributed by atoms with Crippen LogP contribution in [0.1, 0.15) is 18.1 Å². The number of carbonyl (C=O) groups excluding carboxylic acids is 1. The maximum Gasteiger partial charge on any atom is 0.276 e. The first kappa shape index (κ1) is 16.7. The molecule has 1 amide bonds. The Morgan fingerprint density at radius 1 is 1.04 bits per heavy atom. The molecule has 3 N–H and O–H groups in total. The zero-order chi connectivity index (χ0) is 17.9. The smallest absolute Gasteiger partial charge is 0.276 e. The molecule has 5 heteroatoms. The fraction of sp³-hybridized carbons (Fsp3) is 0.100. The van der Waals surface area contributed by atoms with Crippen molar-refractivity contribution < 1.29 is 15.0 Å². The minimum absolute atomic E-state index is 0.0616. The number of carbonyl (C=O) groups is 1. The zero-order valence-electron chi connectivity index (χ0n) is 13.7. The van der Waals surface area contributed by atoms with Gasteiger partial charge in [0.2, 0.25) is 0 Å². The van der Waals surface area contributed by atoms with E-state index >= 15 is 0 Å². The molecule has 0 saturated carbocycles. The predicted octanol–water partition coefficient (Wildman–Crippen LogP) is 2.90. The minimum atomic E-state index is -1.71. The lowest BCUT2D eigenvalue weighted by molar-refractivity contribution is -0.138. The Hall–Kier alpha value is -3.18. The molecular weight excluding hydrogens is 316 g/mol. The van der Waals surface area contributed by atoms with E-state index in [9.17, 15) is 15.0 Å². The molecule has 0 aliphatic rings. The van der Waals surface area contributed by atoms with Crippen molar-refractivity contribution in [3.63, 3.8) is 0 Å². The molecule has 0 aliphatic heterocycles. The fourth-order valence-corrected chi connectivity index (χ4v) is 2.58. The highest BCUT2D eigenvalue weighted by molar-refractivity contribution is 6.02. The minimum Gasteiger partial charge on any atom is -0.507 e. The van der Waals surface area contributed by atoms with Crippen LogP contribution < -0.4 is 5.43 Å². The maximum atomic E-state index is 12.3. The third-order valence-corrected chi connectivity index (χ3v) is 4.09. The summed E-state index contributed by atoms with van der Waals surface area (Å²) in [5.41, 5.74) is 1.59. The lowest BCUT2D eigenvalue weighted by atomic mass is 9.95. The first-order valence-electron chi connectivity index (χ1n) is 7.82. The number of nitrogens with one attached hydrogen (secondary N) is 1. The van der Waals surface area contributed by atoms with E-state index in [1.165, 1.54) is 13.1 Å². The van der Waals surface area contributed by atoms with Crippen molar-refractivity contribution >= 4 is 22.9 Å². The van der Waals surface area contributed by atoms with Gasteiger partial charge in [-0.3, -0.25) is 4.79 Å².